The van der Waals surface area contributed by atoms with Crippen LogP contribution in [-0.4, -0.2) is 35.7 Å². The van der Waals surface area contributed by atoms with E-state index in [1.54, 1.807) is 25.4 Å². The maximum absolute atomic E-state index is 12.9. The van der Waals surface area contributed by atoms with Gasteiger partial charge in [-0.3, -0.25) is 4.79 Å². The van der Waals surface area contributed by atoms with Gasteiger partial charge in [0.05, 0.1) is 23.4 Å². The van der Waals surface area contributed by atoms with Crippen LogP contribution in [-0.2, 0) is 6.54 Å². The van der Waals surface area contributed by atoms with Crippen LogP contribution in [0.25, 0.3) is 5.69 Å². The topological polar surface area (TPSA) is 59.4 Å². The SMILES string of the molecule is COc1cc(-n2cccc2)c(Cl)cc1C(=O)NCc1ccnc(N2CCCCC2)c1. The molecule has 6 nitrogen and oxygen atoms in total. The lowest BCUT2D eigenvalue weighted by Gasteiger charge is -2.27. The van der Waals surface area contributed by atoms with Gasteiger partial charge in [-0.25, -0.2) is 4.98 Å². The number of rotatable bonds is 6. The van der Waals surface area contributed by atoms with E-state index in [9.17, 15) is 4.79 Å². The molecule has 1 aromatic carbocycles. The minimum Gasteiger partial charge on any atom is -0.496 e. The number of pyridine rings is 1. The summed E-state index contributed by atoms with van der Waals surface area (Å²) in [6.07, 6.45) is 9.26. The average molecular weight is 425 g/mol. The Bertz CT molecular complexity index is 1010. The highest BCUT2D eigenvalue weighted by Crippen LogP contribution is 2.30. The van der Waals surface area contributed by atoms with Gasteiger partial charge in [0.1, 0.15) is 11.6 Å². The second-order valence-corrected chi connectivity index (χ2v) is 7.75. The van der Waals surface area contributed by atoms with E-state index in [0.717, 1.165) is 30.2 Å². The number of aromatic nitrogens is 2. The van der Waals surface area contributed by atoms with E-state index in [0.29, 0.717) is 22.9 Å². The molecule has 30 heavy (non-hydrogen) atoms. The molecule has 1 aliphatic heterocycles. The van der Waals surface area contributed by atoms with Crippen LogP contribution in [0.15, 0.2) is 55.0 Å². The first kappa shape index (κ1) is 20.3. The number of hydrogen-bond donors (Lipinski definition) is 1. The molecule has 0 radical (unpaired) electrons. The summed E-state index contributed by atoms with van der Waals surface area (Å²) < 4.78 is 7.34. The van der Waals surface area contributed by atoms with Gasteiger partial charge >= 0.3 is 0 Å². The van der Waals surface area contributed by atoms with E-state index >= 15 is 0 Å². The molecule has 0 atom stereocenters. The first-order valence-electron chi connectivity index (χ1n) is 10.1. The van der Waals surface area contributed by atoms with Crippen molar-refractivity contribution in [3.8, 4) is 11.4 Å². The Morgan fingerprint density at radius 1 is 1.17 bits per heavy atom. The maximum atomic E-state index is 12.9. The number of amides is 1. The molecule has 0 aliphatic carbocycles. The fourth-order valence-electron chi connectivity index (χ4n) is 3.73. The molecule has 2 aromatic heterocycles. The summed E-state index contributed by atoms with van der Waals surface area (Å²) in [6.45, 7) is 2.47. The number of carbonyl (C=O) groups excluding carboxylic acids is 1. The van der Waals surface area contributed by atoms with E-state index in [1.807, 2.05) is 41.2 Å². The number of hydrogen-bond acceptors (Lipinski definition) is 4. The highest BCUT2D eigenvalue weighted by atomic mass is 35.5. The smallest absolute Gasteiger partial charge is 0.255 e. The van der Waals surface area contributed by atoms with Gasteiger partial charge in [0.2, 0.25) is 0 Å². The summed E-state index contributed by atoms with van der Waals surface area (Å²) in [6, 6.07) is 11.2. The van der Waals surface area contributed by atoms with Gasteiger partial charge in [0, 0.05) is 44.3 Å². The lowest BCUT2D eigenvalue weighted by molar-refractivity contribution is 0.0948. The normalized spacial score (nSPS) is 13.9. The molecule has 0 spiro atoms. The first-order chi connectivity index (χ1) is 14.7. The standard InChI is InChI=1S/C23H25ClN4O2/c1-30-21-15-20(27-9-5-6-10-27)19(24)14-18(21)23(29)26-16-17-7-8-25-22(13-17)28-11-3-2-4-12-28/h5-10,13-15H,2-4,11-12,16H2,1H3,(H,26,29). The van der Waals surface area contributed by atoms with Crippen LogP contribution in [0.1, 0.15) is 35.2 Å². The lowest BCUT2D eigenvalue weighted by Crippen LogP contribution is -2.30. The van der Waals surface area contributed by atoms with Gasteiger partial charge in [-0.15, -0.1) is 0 Å². The number of carbonyl (C=O) groups is 1. The number of nitrogens with one attached hydrogen (secondary N) is 1. The highest BCUT2D eigenvalue weighted by molar-refractivity contribution is 6.33. The Labute approximate surface area is 181 Å². The van der Waals surface area contributed by atoms with Crippen LogP contribution in [0.4, 0.5) is 5.82 Å². The molecule has 4 rings (SSSR count). The lowest BCUT2D eigenvalue weighted by atomic mass is 10.1. The number of halogens is 1. The number of nitrogens with zero attached hydrogens (tertiary/aromatic N) is 3. The van der Waals surface area contributed by atoms with Gasteiger partial charge < -0.3 is 19.5 Å². The van der Waals surface area contributed by atoms with Crippen molar-refractivity contribution in [2.75, 3.05) is 25.1 Å². The molecule has 7 heteroatoms. The number of piperidine rings is 1. The Morgan fingerprint density at radius 2 is 1.93 bits per heavy atom. The summed E-state index contributed by atoms with van der Waals surface area (Å²) >= 11 is 6.45. The molecule has 1 aliphatic rings. The fourth-order valence-corrected chi connectivity index (χ4v) is 3.99. The summed E-state index contributed by atoms with van der Waals surface area (Å²) in [5.41, 5.74) is 2.17. The molecule has 0 unspecified atom stereocenters. The van der Waals surface area contributed by atoms with E-state index in [-0.39, 0.29) is 5.91 Å². The van der Waals surface area contributed by atoms with Gasteiger partial charge in [0.25, 0.3) is 5.91 Å². The number of methoxy groups -OCH3 is 1. The third-order valence-electron chi connectivity index (χ3n) is 5.34. The van der Waals surface area contributed by atoms with Crippen LogP contribution in [0, 0.1) is 0 Å². The number of anilines is 1. The first-order valence-corrected chi connectivity index (χ1v) is 10.5. The summed E-state index contributed by atoms with van der Waals surface area (Å²) in [4.78, 5) is 19.6. The quantitative estimate of drug-likeness (QED) is 0.634. The zero-order valence-electron chi connectivity index (χ0n) is 17.0. The molecule has 3 heterocycles. The Hall–Kier alpha value is -2.99. The van der Waals surface area contributed by atoms with Crippen molar-refractivity contribution in [2.45, 2.75) is 25.8 Å². The van der Waals surface area contributed by atoms with Crippen molar-refractivity contribution in [1.82, 2.24) is 14.9 Å². The zero-order valence-corrected chi connectivity index (χ0v) is 17.7. The van der Waals surface area contributed by atoms with Crippen molar-refractivity contribution in [3.63, 3.8) is 0 Å². The number of ether oxygens (including phenoxy) is 1. The second-order valence-electron chi connectivity index (χ2n) is 7.35. The molecule has 1 N–H and O–H groups in total. The summed E-state index contributed by atoms with van der Waals surface area (Å²) in [5.74, 6) is 1.21. The molecule has 1 amide bonds. The van der Waals surface area contributed by atoms with Crippen LogP contribution in [0.5, 0.6) is 5.75 Å². The zero-order chi connectivity index (χ0) is 20.9. The predicted molar refractivity (Wildman–Crippen MR) is 119 cm³/mol. The number of benzene rings is 1. The van der Waals surface area contributed by atoms with E-state index in [1.165, 1.54) is 19.3 Å². The van der Waals surface area contributed by atoms with Crippen molar-refractivity contribution in [3.05, 3.63) is 71.1 Å². The van der Waals surface area contributed by atoms with Crippen molar-refractivity contribution in [1.29, 1.82) is 0 Å². The molecule has 0 bridgehead atoms. The predicted octanol–water partition coefficient (Wildman–Crippen LogP) is 4.45. The minimum absolute atomic E-state index is 0.232. The van der Waals surface area contributed by atoms with Gasteiger partial charge in [-0.05, 0) is 55.2 Å². The average Bonchev–Trinajstić information content (AvgIpc) is 3.33. The van der Waals surface area contributed by atoms with Crippen LogP contribution in [0.3, 0.4) is 0 Å². The van der Waals surface area contributed by atoms with E-state index < -0.39 is 0 Å². The molecular weight excluding hydrogens is 400 g/mol. The van der Waals surface area contributed by atoms with Crippen LogP contribution >= 0.6 is 11.6 Å². The third kappa shape index (κ3) is 4.44. The van der Waals surface area contributed by atoms with Gasteiger partial charge in [-0.2, -0.15) is 0 Å². The van der Waals surface area contributed by atoms with Crippen molar-refractivity contribution >= 4 is 23.3 Å². The van der Waals surface area contributed by atoms with Crippen molar-refractivity contribution < 1.29 is 9.53 Å². The van der Waals surface area contributed by atoms with Crippen LogP contribution < -0.4 is 15.0 Å². The van der Waals surface area contributed by atoms with Gasteiger partial charge in [0.15, 0.2) is 0 Å². The minimum atomic E-state index is -0.232. The monoisotopic (exact) mass is 424 g/mol. The summed E-state index contributed by atoms with van der Waals surface area (Å²) in [7, 11) is 1.55. The van der Waals surface area contributed by atoms with Gasteiger partial charge in [-0.1, -0.05) is 11.6 Å². The largest absolute Gasteiger partial charge is 0.496 e. The Morgan fingerprint density at radius 3 is 2.67 bits per heavy atom. The second kappa shape index (κ2) is 9.22. The highest BCUT2D eigenvalue weighted by Gasteiger charge is 2.17. The molecular formula is C23H25ClN4O2. The van der Waals surface area contributed by atoms with Crippen LogP contribution in [0.2, 0.25) is 5.02 Å². The summed E-state index contributed by atoms with van der Waals surface area (Å²) in [5, 5.41) is 3.45. The third-order valence-corrected chi connectivity index (χ3v) is 5.64. The maximum Gasteiger partial charge on any atom is 0.255 e. The fraction of sp³-hybridized carbons (Fsp3) is 0.304. The molecule has 156 valence electrons. The van der Waals surface area contributed by atoms with E-state index in [4.69, 9.17) is 16.3 Å². The van der Waals surface area contributed by atoms with Crippen molar-refractivity contribution in [2.24, 2.45) is 0 Å². The molecule has 1 fully saturated rings. The van der Waals surface area contributed by atoms with E-state index in [2.05, 4.69) is 15.2 Å². The molecule has 0 saturated carbocycles. The Kier molecular flexibility index (Phi) is 6.23. The molecule has 3 aromatic rings. The molecule has 1 saturated heterocycles. The Balaban J connectivity index is 1.48.